The van der Waals surface area contributed by atoms with E-state index in [9.17, 15) is 4.79 Å². The van der Waals surface area contributed by atoms with Gasteiger partial charge in [0.25, 0.3) is 5.91 Å². The third kappa shape index (κ3) is 4.61. The second kappa shape index (κ2) is 6.78. The molecule has 1 aromatic carbocycles. The fourth-order valence-electron chi connectivity index (χ4n) is 2.70. The first-order chi connectivity index (χ1) is 10.00. The maximum Gasteiger partial charge on any atom is 0.251 e. The van der Waals surface area contributed by atoms with Gasteiger partial charge in [0, 0.05) is 17.2 Å². The summed E-state index contributed by atoms with van der Waals surface area (Å²) < 4.78 is 0. The monoisotopic (exact) mass is 284 g/mol. The molecular weight excluding hydrogens is 260 g/mol. The highest BCUT2D eigenvalue weighted by molar-refractivity contribution is 5.94. The second-order valence-corrected chi connectivity index (χ2v) is 6.50. The molecule has 3 heteroatoms. The van der Waals surface area contributed by atoms with E-state index in [-0.39, 0.29) is 5.91 Å². The summed E-state index contributed by atoms with van der Waals surface area (Å²) in [6, 6.07) is 7.70. The molecular formula is C18H24N2O. The molecule has 1 aliphatic carbocycles. The van der Waals surface area contributed by atoms with Gasteiger partial charge in [-0.25, -0.2) is 0 Å². The molecule has 0 heterocycles. The summed E-state index contributed by atoms with van der Waals surface area (Å²) in [5.41, 5.74) is 7.28. The summed E-state index contributed by atoms with van der Waals surface area (Å²) in [5.74, 6) is 5.76. The van der Waals surface area contributed by atoms with Gasteiger partial charge in [0.1, 0.15) is 0 Å². The standard InChI is InChI=1S/C18H24N2O/c1-18(2)10-8-16(9-11-18)20-17(21)15-7-3-5-14(13-15)6-4-12-19/h3,5,7,13,16H,8-12,19H2,1-2H3,(H,20,21). The molecule has 1 aliphatic rings. The molecule has 3 nitrogen and oxygen atoms in total. The number of rotatable bonds is 2. The molecule has 0 bridgehead atoms. The summed E-state index contributed by atoms with van der Waals surface area (Å²) in [4.78, 5) is 12.3. The predicted molar refractivity (Wildman–Crippen MR) is 85.9 cm³/mol. The zero-order valence-electron chi connectivity index (χ0n) is 12.9. The maximum atomic E-state index is 12.3. The lowest BCUT2D eigenvalue weighted by molar-refractivity contribution is 0.0909. The number of carbonyl (C=O) groups excluding carboxylic acids is 1. The Morgan fingerprint density at radius 3 is 2.76 bits per heavy atom. The number of benzene rings is 1. The fraction of sp³-hybridized carbons (Fsp3) is 0.500. The average Bonchev–Trinajstić information content (AvgIpc) is 2.47. The van der Waals surface area contributed by atoms with Gasteiger partial charge in [0.2, 0.25) is 0 Å². The Balaban J connectivity index is 1.97. The minimum atomic E-state index is -0.00361. The molecule has 1 aromatic rings. The van der Waals surface area contributed by atoms with Crippen molar-refractivity contribution in [3.8, 4) is 11.8 Å². The highest BCUT2D eigenvalue weighted by Gasteiger charge is 2.27. The molecule has 0 atom stereocenters. The van der Waals surface area contributed by atoms with Crippen LogP contribution in [-0.2, 0) is 0 Å². The van der Waals surface area contributed by atoms with E-state index in [4.69, 9.17) is 5.73 Å². The first-order valence-electron chi connectivity index (χ1n) is 7.60. The molecule has 0 aromatic heterocycles. The Morgan fingerprint density at radius 1 is 1.38 bits per heavy atom. The molecule has 0 spiro atoms. The Bertz CT molecular complexity index is 556. The molecule has 112 valence electrons. The molecule has 21 heavy (non-hydrogen) atoms. The predicted octanol–water partition coefficient (Wildman–Crippen LogP) is 2.70. The Morgan fingerprint density at radius 2 is 2.10 bits per heavy atom. The first-order valence-corrected chi connectivity index (χ1v) is 7.60. The van der Waals surface area contributed by atoms with Gasteiger partial charge in [0.15, 0.2) is 0 Å². The minimum absolute atomic E-state index is 0.00361. The lowest BCUT2D eigenvalue weighted by atomic mass is 9.75. The lowest BCUT2D eigenvalue weighted by Gasteiger charge is -2.34. The van der Waals surface area contributed by atoms with Crippen molar-refractivity contribution in [2.75, 3.05) is 6.54 Å². The highest BCUT2D eigenvalue weighted by Crippen LogP contribution is 2.35. The average molecular weight is 284 g/mol. The van der Waals surface area contributed by atoms with E-state index in [1.165, 1.54) is 12.8 Å². The molecule has 1 saturated carbocycles. The Labute approximate surface area is 127 Å². The zero-order chi connectivity index (χ0) is 15.3. The van der Waals surface area contributed by atoms with Gasteiger partial charge in [-0.2, -0.15) is 0 Å². The quantitative estimate of drug-likeness (QED) is 0.820. The van der Waals surface area contributed by atoms with Crippen LogP contribution in [0.1, 0.15) is 55.5 Å². The van der Waals surface area contributed by atoms with Crippen LogP contribution in [0, 0.1) is 17.3 Å². The Kier molecular flexibility index (Phi) is 5.03. The van der Waals surface area contributed by atoms with Gasteiger partial charge in [-0.3, -0.25) is 4.79 Å². The van der Waals surface area contributed by atoms with Crippen molar-refractivity contribution in [1.29, 1.82) is 0 Å². The second-order valence-electron chi connectivity index (χ2n) is 6.50. The molecule has 3 N–H and O–H groups in total. The Hall–Kier alpha value is -1.79. The van der Waals surface area contributed by atoms with Gasteiger partial charge >= 0.3 is 0 Å². The SMILES string of the molecule is CC1(C)CCC(NC(=O)c2cccc(C#CCN)c2)CC1. The fourth-order valence-corrected chi connectivity index (χ4v) is 2.70. The molecule has 1 fully saturated rings. The van der Waals surface area contributed by atoms with Crippen LogP contribution in [0.5, 0.6) is 0 Å². The smallest absolute Gasteiger partial charge is 0.251 e. The molecule has 0 radical (unpaired) electrons. The van der Waals surface area contributed by atoms with E-state index >= 15 is 0 Å². The van der Waals surface area contributed by atoms with Crippen LogP contribution in [0.2, 0.25) is 0 Å². The van der Waals surface area contributed by atoms with Crippen molar-refractivity contribution in [3.63, 3.8) is 0 Å². The van der Waals surface area contributed by atoms with Crippen LogP contribution in [0.25, 0.3) is 0 Å². The van der Waals surface area contributed by atoms with Gasteiger partial charge < -0.3 is 11.1 Å². The van der Waals surface area contributed by atoms with Gasteiger partial charge in [-0.05, 0) is 49.3 Å². The van der Waals surface area contributed by atoms with Crippen LogP contribution in [0.15, 0.2) is 24.3 Å². The van der Waals surface area contributed by atoms with Crippen molar-refractivity contribution in [3.05, 3.63) is 35.4 Å². The first kappa shape index (κ1) is 15.6. The van der Waals surface area contributed by atoms with E-state index < -0.39 is 0 Å². The number of hydrogen-bond donors (Lipinski definition) is 2. The summed E-state index contributed by atoms with van der Waals surface area (Å²) in [6.07, 6.45) is 4.46. The number of nitrogens with one attached hydrogen (secondary N) is 1. The number of hydrogen-bond acceptors (Lipinski definition) is 2. The molecule has 2 rings (SSSR count). The molecule has 1 amide bonds. The summed E-state index contributed by atoms with van der Waals surface area (Å²) in [6.45, 7) is 4.92. The van der Waals surface area contributed by atoms with Crippen molar-refractivity contribution >= 4 is 5.91 Å². The van der Waals surface area contributed by atoms with Crippen molar-refractivity contribution in [1.82, 2.24) is 5.32 Å². The van der Waals surface area contributed by atoms with E-state index in [0.29, 0.717) is 23.6 Å². The van der Waals surface area contributed by atoms with Gasteiger partial charge in [-0.1, -0.05) is 31.8 Å². The van der Waals surface area contributed by atoms with Crippen molar-refractivity contribution in [2.45, 2.75) is 45.6 Å². The van der Waals surface area contributed by atoms with E-state index in [1.807, 2.05) is 24.3 Å². The lowest BCUT2D eigenvalue weighted by Crippen LogP contribution is -2.39. The molecule has 0 unspecified atom stereocenters. The van der Waals surface area contributed by atoms with Gasteiger partial charge in [-0.15, -0.1) is 0 Å². The van der Waals surface area contributed by atoms with Gasteiger partial charge in [0.05, 0.1) is 6.54 Å². The van der Waals surface area contributed by atoms with Crippen LogP contribution >= 0.6 is 0 Å². The maximum absolute atomic E-state index is 12.3. The van der Waals surface area contributed by atoms with Crippen LogP contribution < -0.4 is 11.1 Å². The minimum Gasteiger partial charge on any atom is -0.349 e. The topological polar surface area (TPSA) is 55.1 Å². The van der Waals surface area contributed by atoms with Crippen LogP contribution in [0.4, 0.5) is 0 Å². The number of amides is 1. The molecule has 0 aliphatic heterocycles. The normalized spacial score (nSPS) is 17.7. The number of nitrogens with two attached hydrogens (primary N) is 1. The van der Waals surface area contributed by atoms with Crippen LogP contribution in [0.3, 0.4) is 0 Å². The molecule has 0 saturated heterocycles. The zero-order valence-corrected chi connectivity index (χ0v) is 12.9. The summed E-state index contributed by atoms with van der Waals surface area (Å²) >= 11 is 0. The summed E-state index contributed by atoms with van der Waals surface area (Å²) in [7, 11) is 0. The van der Waals surface area contributed by atoms with E-state index in [0.717, 1.165) is 18.4 Å². The van der Waals surface area contributed by atoms with E-state index in [2.05, 4.69) is 31.0 Å². The third-order valence-corrected chi connectivity index (χ3v) is 4.13. The van der Waals surface area contributed by atoms with Crippen molar-refractivity contribution in [2.24, 2.45) is 11.1 Å². The van der Waals surface area contributed by atoms with Crippen LogP contribution in [-0.4, -0.2) is 18.5 Å². The van der Waals surface area contributed by atoms with Crippen molar-refractivity contribution < 1.29 is 4.79 Å². The highest BCUT2D eigenvalue weighted by atomic mass is 16.1. The number of carbonyl (C=O) groups is 1. The third-order valence-electron chi connectivity index (χ3n) is 4.13. The summed E-state index contributed by atoms with van der Waals surface area (Å²) in [5, 5.41) is 3.14. The van der Waals surface area contributed by atoms with E-state index in [1.54, 1.807) is 0 Å². The largest absolute Gasteiger partial charge is 0.349 e.